The smallest absolute Gasteiger partial charge is 0.255 e. The van der Waals surface area contributed by atoms with Crippen LogP contribution >= 0.6 is 22.6 Å². The van der Waals surface area contributed by atoms with Gasteiger partial charge in [-0.05, 0) is 52.9 Å². The van der Waals surface area contributed by atoms with Gasteiger partial charge in [-0.2, -0.15) is 0 Å². The molecule has 2 aromatic rings. The van der Waals surface area contributed by atoms with E-state index in [1.54, 1.807) is 24.3 Å². The van der Waals surface area contributed by atoms with Gasteiger partial charge in [0.25, 0.3) is 5.91 Å². The van der Waals surface area contributed by atoms with E-state index in [-0.39, 0.29) is 17.6 Å². The van der Waals surface area contributed by atoms with Crippen molar-refractivity contribution in [3.05, 3.63) is 63.0 Å². The maximum Gasteiger partial charge on any atom is 0.255 e. The zero-order chi connectivity index (χ0) is 15.4. The minimum atomic E-state index is -0.361. The quantitative estimate of drug-likeness (QED) is 0.244. The van der Waals surface area contributed by atoms with Crippen molar-refractivity contribution >= 4 is 40.0 Å². The van der Waals surface area contributed by atoms with Crippen molar-refractivity contribution in [2.75, 3.05) is 5.32 Å². The normalized spacial score (nSPS) is 11.2. The van der Waals surface area contributed by atoms with Gasteiger partial charge in [-0.1, -0.05) is 17.3 Å². The van der Waals surface area contributed by atoms with E-state index in [0.29, 0.717) is 20.4 Å². The number of hydrogen-bond donors (Lipinski definition) is 3. The van der Waals surface area contributed by atoms with E-state index in [9.17, 15) is 9.18 Å². The highest BCUT2D eigenvalue weighted by atomic mass is 127. The molecule has 21 heavy (non-hydrogen) atoms. The number of nitrogens with two attached hydrogens (primary N) is 1. The van der Waals surface area contributed by atoms with E-state index in [0.717, 1.165) is 0 Å². The molecule has 0 fully saturated rings. The SMILES string of the molecule is NC(=NO)c1ccc(C(=O)Nc2ccc(F)cc2I)cc1. The van der Waals surface area contributed by atoms with Crippen molar-refractivity contribution in [1.82, 2.24) is 0 Å². The predicted octanol–water partition coefficient (Wildman–Crippen LogP) is 2.78. The highest BCUT2D eigenvalue weighted by Crippen LogP contribution is 2.20. The Hall–Kier alpha value is -2.16. The second kappa shape index (κ2) is 6.53. The fourth-order valence-electron chi connectivity index (χ4n) is 1.64. The third kappa shape index (κ3) is 3.69. The summed E-state index contributed by atoms with van der Waals surface area (Å²) < 4.78 is 13.6. The Bertz CT molecular complexity index is 702. The number of rotatable bonds is 3. The van der Waals surface area contributed by atoms with E-state index in [1.807, 2.05) is 22.6 Å². The number of benzene rings is 2. The Kier molecular flexibility index (Phi) is 4.73. The molecular weight excluding hydrogens is 388 g/mol. The molecular formula is C14H11FIN3O2. The van der Waals surface area contributed by atoms with Gasteiger partial charge >= 0.3 is 0 Å². The van der Waals surface area contributed by atoms with Gasteiger partial charge in [0.05, 0.1) is 5.69 Å². The van der Waals surface area contributed by atoms with Gasteiger partial charge in [0.15, 0.2) is 5.84 Å². The van der Waals surface area contributed by atoms with Gasteiger partial charge in [-0.3, -0.25) is 4.79 Å². The van der Waals surface area contributed by atoms with Gasteiger partial charge in [-0.15, -0.1) is 0 Å². The molecule has 0 aromatic heterocycles. The highest BCUT2D eigenvalue weighted by Gasteiger charge is 2.09. The fraction of sp³-hybridized carbons (Fsp3) is 0. The molecule has 0 aliphatic heterocycles. The molecule has 2 rings (SSSR count). The molecule has 0 spiro atoms. The van der Waals surface area contributed by atoms with Crippen LogP contribution in [-0.4, -0.2) is 17.0 Å². The number of hydrogen-bond acceptors (Lipinski definition) is 3. The van der Waals surface area contributed by atoms with Crippen LogP contribution in [0, 0.1) is 9.39 Å². The van der Waals surface area contributed by atoms with Crippen LogP contribution in [-0.2, 0) is 0 Å². The average Bonchev–Trinajstić information content (AvgIpc) is 2.49. The minimum absolute atomic E-state index is 0.0324. The fourth-order valence-corrected chi connectivity index (χ4v) is 2.25. The van der Waals surface area contributed by atoms with Crippen LogP contribution < -0.4 is 11.1 Å². The minimum Gasteiger partial charge on any atom is -0.409 e. The molecule has 0 saturated carbocycles. The third-order valence-electron chi connectivity index (χ3n) is 2.73. The van der Waals surface area contributed by atoms with Crippen molar-refractivity contribution in [2.24, 2.45) is 10.9 Å². The molecule has 0 radical (unpaired) electrons. The monoisotopic (exact) mass is 399 g/mol. The van der Waals surface area contributed by atoms with Gasteiger partial charge in [0.2, 0.25) is 0 Å². The Labute approximate surface area is 133 Å². The van der Waals surface area contributed by atoms with Gasteiger partial charge in [0, 0.05) is 14.7 Å². The summed E-state index contributed by atoms with van der Waals surface area (Å²) in [5.74, 6) is -0.721. The van der Waals surface area contributed by atoms with Gasteiger partial charge in [0.1, 0.15) is 5.82 Å². The Morgan fingerprint density at radius 1 is 1.19 bits per heavy atom. The molecule has 0 unspecified atom stereocenters. The first kappa shape index (κ1) is 15.2. The molecule has 0 aliphatic carbocycles. The van der Waals surface area contributed by atoms with E-state index in [1.165, 1.54) is 18.2 Å². The van der Waals surface area contributed by atoms with Crippen LogP contribution in [0.15, 0.2) is 47.6 Å². The Morgan fingerprint density at radius 2 is 1.81 bits per heavy atom. The summed E-state index contributed by atoms with van der Waals surface area (Å²) in [6.07, 6.45) is 0. The molecule has 0 aliphatic rings. The first-order valence-electron chi connectivity index (χ1n) is 5.85. The summed E-state index contributed by atoms with van der Waals surface area (Å²) in [6, 6.07) is 10.4. The molecule has 2 aromatic carbocycles. The van der Waals surface area contributed by atoms with E-state index < -0.39 is 0 Å². The maximum absolute atomic E-state index is 13.0. The lowest BCUT2D eigenvalue weighted by Gasteiger charge is -2.08. The van der Waals surface area contributed by atoms with E-state index in [2.05, 4.69) is 10.5 Å². The summed E-state index contributed by atoms with van der Waals surface area (Å²) in [7, 11) is 0. The van der Waals surface area contributed by atoms with Crippen LogP contribution in [0.2, 0.25) is 0 Å². The largest absolute Gasteiger partial charge is 0.409 e. The number of anilines is 1. The van der Waals surface area contributed by atoms with Crippen LogP contribution in [0.3, 0.4) is 0 Å². The lowest BCUT2D eigenvalue weighted by Crippen LogP contribution is -2.15. The highest BCUT2D eigenvalue weighted by molar-refractivity contribution is 14.1. The van der Waals surface area contributed by atoms with Crippen molar-refractivity contribution in [3.63, 3.8) is 0 Å². The number of nitrogens with one attached hydrogen (secondary N) is 1. The summed E-state index contributed by atoms with van der Waals surface area (Å²) in [5.41, 5.74) is 6.88. The number of oxime groups is 1. The van der Waals surface area contributed by atoms with E-state index >= 15 is 0 Å². The van der Waals surface area contributed by atoms with Crippen molar-refractivity contribution in [1.29, 1.82) is 0 Å². The second-order valence-electron chi connectivity index (χ2n) is 4.14. The predicted molar refractivity (Wildman–Crippen MR) is 86.0 cm³/mol. The van der Waals surface area contributed by atoms with E-state index in [4.69, 9.17) is 10.9 Å². The molecule has 0 heterocycles. The average molecular weight is 399 g/mol. The third-order valence-corrected chi connectivity index (χ3v) is 3.62. The molecule has 0 atom stereocenters. The maximum atomic E-state index is 13.0. The van der Waals surface area contributed by atoms with Crippen LogP contribution in [0.4, 0.5) is 10.1 Å². The lowest BCUT2D eigenvalue weighted by molar-refractivity contribution is 0.102. The van der Waals surface area contributed by atoms with Gasteiger partial charge < -0.3 is 16.3 Å². The molecule has 7 heteroatoms. The standard InChI is InChI=1S/C14H11FIN3O2/c15-10-5-6-12(11(16)7-10)18-14(20)9-3-1-8(2-4-9)13(17)19-21/h1-7,21H,(H2,17,19)(H,18,20). The van der Waals surface area contributed by atoms with Crippen molar-refractivity contribution < 1.29 is 14.4 Å². The Balaban J connectivity index is 2.17. The number of amidine groups is 1. The molecule has 5 nitrogen and oxygen atoms in total. The zero-order valence-corrected chi connectivity index (χ0v) is 12.8. The first-order valence-corrected chi connectivity index (χ1v) is 6.93. The van der Waals surface area contributed by atoms with Crippen LogP contribution in [0.5, 0.6) is 0 Å². The summed E-state index contributed by atoms with van der Waals surface area (Å²) in [4.78, 5) is 12.1. The van der Waals surface area contributed by atoms with Crippen LogP contribution in [0.1, 0.15) is 15.9 Å². The molecule has 1 amide bonds. The summed E-state index contributed by atoms with van der Waals surface area (Å²) in [6.45, 7) is 0. The molecule has 4 N–H and O–H groups in total. The van der Waals surface area contributed by atoms with Gasteiger partial charge in [-0.25, -0.2) is 4.39 Å². The topological polar surface area (TPSA) is 87.7 Å². The zero-order valence-electron chi connectivity index (χ0n) is 10.7. The number of carbonyl (C=O) groups is 1. The summed E-state index contributed by atoms with van der Waals surface area (Å²) in [5, 5.41) is 14.1. The van der Waals surface area contributed by atoms with Crippen molar-refractivity contribution in [2.45, 2.75) is 0 Å². The lowest BCUT2D eigenvalue weighted by atomic mass is 10.1. The first-order chi connectivity index (χ1) is 10.0. The van der Waals surface area contributed by atoms with Crippen LogP contribution in [0.25, 0.3) is 0 Å². The Morgan fingerprint density at radius 3 is 2.38 bits per heavy atom. The second-order valence-corrected chi connectivity index (χ2v) is 5.30. The number of carbonyl (C=O) groups excluding carboxylic acids is 1. The molecule has 0 bridgehead atoms. The molecule has 0 saturated heterocycles. The number of amides is 1. The number of halogens is 2. The van der Waals surface area contributed by atoms with Crippen molar-refractivity contribution in [3.8, 4) is 0 Å². The molecule has 108 valence electrons. The number of nitrogens with zero attached hydrogens (tertiary/aromatic N) is 1. The summed E-state index contributed by atoms with van der Waals surface area (Å²) >= 11 is 1.94.